The van der Waals surface area contributed by atoms with Crippen molar-refractivity contribution in [2.24, 2.45) is 11.1 Å². The Morgan fingerprint density at radius 3 is 2.29 bits per heavy atom. The quantitative estimate of drug-likeness (QED) is 0.816. The number of rotatable bonds is 4. The van der Waals surface area contributed by atoms with Crippen LogP contribution in [-0.2, 0) is 0 Å². The van der Waals surface area contributed by atoms with Gasteiger partial charge in [0.05, 0.1) is 0 Å². The molecule has 1 heterocycles. The summed E-state index contributed by atoms with van der Waals surface area (Å²) in [4.78, 5) is 2.70. The minimum Gasteiger partial charge on any atom is -0.325 e. The van der Waals surface area contributed by atoms with Gasteiger partial charge in [0, 0.05) is 18.1 Å². The fraction of sp³-hybridized carbons (Fsp3) is 1.00. The van der Waals surface area contributed by atoms with Crippen LogP contribution in [-0.4, -0.2) is 29.6 Å². The molecule has 0 radical (unpaired) electrons. The molecule has 0 aromatic carbocycles. The highest BCUT2D eigenvalue weighted by Crippen LogP contribution is 2.31. The second-order valence-electron chi connectivity index (χ2n) is 6.99. The van der Waals surface area contributed by atoms with Crippen LogP contribution in [0.4, 0.5) is 0 Å². The lowest BCUT2D eigenvalue weighted by Crippen LogP contribution is -2.54. The molecule has 1 aliphatic heterocycles. The zero-order chi connectivity index (χ0) is 13.1. The molecule has 2 nitrogen and oxygen atoms in total. The standard InChI is InChI=1S/C15H32N2/c1-6-13-10-8-7-9-11-17(13)12-14(2,3)15(4,5)16/h13H,6-12,16H2,1-5H3. The SMILES string of the molecule is CCC1CCCCCN1CC(C)(C)C(C)(C)N. The summed E-state index contributed by atoms with van der Waals surface area (Å²) in [6.45, 7) is 13.7. The monoisotopic (exact) mass is 240 g/mol. The van der Waals surface area contributed by atoms with Gasteiger partial charge in [-0.3, -0.25) is 4.90 Å². The minimum atomic E-state index is -0.113. The van der Waals surface area contributed by atoms with E-state index in [1.165, 1.54) is 38.6 Å². The van der Waals surface area contributed by atoms with Gasteiger partial charge in [-0.25, -0.2) is 0 Å². The first-order chi connectivity index (χ1) is 7.78. The molecule has 0 amide bonds. The zero-order valence-corrected chi connectivity index (χ0v) is 12.6. The van der Waals surface area contributed by atoms with Gasteiger partial charge in [-0.1, -0.05) is 33.6 Å². The highest BCUT2D eigenvalue weighted by atomic mass is 15.2. The molecule has 0 bridgehead atoms. The molecule has 1 fully saturated rings. The van der Waals surface area contributed by atoms with Crippen LogP contribution < -0.4 is 5.73 Å². The Morgan fingerprint density at radius 1 is 1.12 bits per heavy atom. The molecule has 102 valence electrons. The Balaban J connectivity index is 2.69. The van der Waals surface area contributed by atoms with E-state index in [9.17, 15) is 0 Å². The summed E-state index contributed by atoms with van der Waals surface area (Å²) >= 11 is 0. The van der Waals surface area contributed by atoms with Crippen LogP contribution in [0.2, 0.25) is 0 Å². The number of hydrogen-bond acceptors (Lipinski definition) is 2. The van der Waals surface area contributed by atoms with Gasteiger partial charge in [0.1, 0.15) is 0 Å². The van der Waals surface area contributed by atoms with Crippen LogP contribution in [0, 0.1) is 5.41 Å². The summed E-state index contributed by atoms with van der Waals surface area (Å²) in [5.41, 5.74) is 6.39. The van der Waals surface area contributed by atoms with Crippen LogP contribution in [0.25, 0.3) is 0 Å². The Hall–Kier alpha value is -0.0800. The van der Waals surface area contributed by atoms with E-state index < -0.39 is 0 Å². The fourth-order valence-corrected chi connectivity index (χ4v) is 2.62. The lowest BCUT2D eigenvalue weighted by Gasteiger charge is -2.44. The van der Waals surface area contributed by atoms with Crippen molar-refractivity contribution >= 4 is 0 Å². The highest BCUT2D eigenvalue weighted by molar-refractivity contribution is 4.93. The molecule has 1 unspecified atom stereocenters. The van der Waals surface area contributed by atoms with Crippen molar-refractivity contribution in [3.05, 3.63) is 0 Å². The first-order valence-corrected chi connectivity index (χ1v) is 7.31. The van der Waals surface area contributed by atoms with E-state index in [1.54, 1.807) is 0 Å². The molecule has 1 rings (SSSR count). The molecule has 17 heavy (non-hydrogen) atoms. The summed E-state index contributed by atoms with van der Waals surface area (Å²) < 4.78 is 0. The molecule has 1 atom stereocenters. The van der Waals surface area contributed by atoms with Crippen LogP contribution in [0.15, 0.2) is 0 Å². The van der Waals surface area contributed by atoms with Gasteiger partial charge in [0.15, 0.2) is 0 Å². The molecular weight excluding hydrogens is 208 g/mol. The minimum absolute atomic E-state index is 0.113. The molecule has 0 aromatic heterocycles. The van der Waals surface area contributed by atoms with E-state index in [1.807, 2.05) is 0 Å². The molecule has 1 saturated heterocycles. The van der Waals surface area contributed by atoms with Gasteiger partial charge in [0.2, 0.25) is 0 Å². The summed E-state index contributed by atoms with van der Waals surface area (Å²) in [7, 11) is 0. The molecule has 0 saturated carbocycles. The van der Waals surface area contributed by atoms with Gasteiger partial charge in [0.25, 0.3) is 0 Å². The lowest BCUT2D eigenvalue weighted by molar-refractivity contribution is 0.0825. The second-order valence-corrected chi connectivity index (χ2v) is 6.99. The average Bonchev–Trinajstić information content (AvgIpc) is 2.40. The molecule has 2 N–H and O–H groups in total. The largest absolute Gasteiger partial charge is 0.325 e. The maximum Gasteiger partial charge on any atom is 0.0161 e. The molecule has 0 aromatic rings. The van der Waals surface area contributed by atoms with Gasteiger partial charge >= 0.3 is 0 Å². The predicted octanol–water partition coefficient (Wildman–Crippen LogP) is 3.40. The summed E-state index contributed by atoms with van der Waals surface area (Å²) in [5, 5.41) is 0. The van der Waals surface area contributed by atoms with E-state index >= 15 is 0 Å². The average molecular weight is 240 g/mol. The topological polar surface area (TPSA) is 29.3 Å². The molecule has 0 aliphatic carbocycles. The maximum atomic E-state index is 6.33. The van der Waals surface area contributed by atoms with Gasteiger partial charge in [-0.2, -0.15) is 0 Å². The highest BCUT2D eigenvalue weighted by Gasteiger charge is 2.36. The van der Waals surface area contributed by atoms with Crippen LogP contribution >= 0.6 is 0 Å². The third-order valence-corrected chi connectivity index (χ3v) is 4.81. The summed E-state index contributed by atoms with van der Waals surface area (Å²) in [6.07, 6.45) is 6.82. The van der Waals surface area contributed by atoms with Crippen molar-refractivity contribution in [2.75, 3.05) is 13.1 Å². The molecule has 2 heteroatoms. The van der Waals surface area contributed by atoms with E-state index in [-0.39, 0.29) is 11.0 Å². The van der Waals surface area contributed by atoms with Gasteiger partial charge in [-0.15, -0.1) is 0 Å². The van der Waals surface area contributed by atoms with Crippen LogP contribution in [0.5, 0.6) is 0 Å². The Kier molecular flexibility index (Phi) is 5.03. The van der Waals surface area contributed by atoms with Crippen molar-refractivity contribution in [3.63, 3.8) is 0 Å². The normalized spacial score (nSPS) is 24.7. The van der Waals surface area contributed by atoms with E-state index in [2.05, 4.69) is 39.5 Å². The van der Waals surface area contributed by atoms with Gasteiger partial charge < -0.3 is 5.73 Å². The van der Waals surface area contributed by atoms with Crippen LogP contribution in [0.3, 0.4) is 0 Å². The fourth-order valence-electron chi connectivity index (χ4n) is 2.62. The number of nitrogens with two attached hydrogens (primary N) is 1. The molecule has 0 spiro atoms. The smallest absolute Gasteiger partial charge is 0.0161 e. The Bertz CT molecular complexity index is 228. The molecule has 1 aliphatic rings. The van der Waals surface area contributed by atoms with Crippen molar-refractivity contribution in [3.8, 4) is 0 Å². The summed E-state index contributed by atoms with van der Waals surface area (Å²) in [6, 6.07) is 0.777. The van der Waals surface area contributed by atoms with E-state index in [0.717, 1.165) is 12.6 Å². The Labute approximate surface area is 108 Å². The van der Waals surface area contributed by atoms with Crippen molar-refractivity contribution < 1.29 is 0 Å². The lowest BCUT2D eigenvalue weighted by atomic mass is 9.74. The first kappa shape index (κ1) is 15.0. The zero-order valence-electron chi connectivity index (χ0n) is 12.6. The number of hydrogen-bond donors (Lipinski definition) is 1. The van der Waals surface area contributed by atoms with Crippen LogP contribution in [0.1, 0.15) is 66.7 Å². The van der Waals surface area contributed by atoms with Crippen molar-refractivity contribution in [1.82, 2.24) is 4.90 Å². The summed E-state index contributed by atoms with van der Waals surface area (Å²) in [5.74, 6) is 0. The van der Waals surface area contributed by atoms with Crippen molar-refractivity contribution in [2.45, 2.75) is 78.3 Å². The van der Waals surface area contributed by atoms with Crippen molar-refractivity contribution in [1.29, 1.82) is 0 Å². The molecular formula is C15H32N2. The third-order valence-electron chi connectivity index (χ3n) is 4.81. The second kappa shape index (κ2) is 5.71. The first-order valence-electron chi connectivity index (χ1n) is 7.31. The maximum absolute atomic E-state index is 6.33. The Morgan fingerprint density at radius 2 is 1.76 bits per heavy atom. The van der Waals surface area contributed by atoms with E-state index in [4.69, 9.17) is 5.73 Å². The number of nitrogens with zero attached hydrogens (tertiary/aromatic N) is 1. The van der Waals surface area contributed by atoms with E-state index in [0.29, 0.717) is 0 Å². The predicted molar refractivity (Wildman–Crippen MR) is 76.2 cm³/mol. The number of likely N-dealkylation sites (tertiary alicyclic amines) is 1. The third kappa shape index (κ3) is 3.96. The van der Waals surface area contributed by atoms with Gasteiger partial charge in [-0.05, 0) is 45.1 Å².